The smallest absolute Gasteiger partial charge is 0.248 e. The molecule has 0 aliphatic carbocycles. The minimum absolute atomic E-state index is 0.359. The van der Waals surface area contributed by atoms with E-state index in [4.69, 9.17) is 14.2 Å². The van der Waals surface area contributed by atoms with Gasteiger partial charge in [-0.2, -0.15) is 0 Å². The zero-order valence-electron chi connectivity index (χ0n) is 14.0. The van der Waals surface area contributed by atoms with Crippen molar-refractivity contribution in [2.24, 2.45) is 0 Å². The third kappa shape index (κ3) is 3.91. The first-order valence-corrected chi connectivity index (χ1v) is 7.79. The third-order valence-corrected chi connectivity index (χ3v) is 3.73. The third-order valence-electron chi connectivity index (χ3n) is 3.73. The summed E-state index contributed by atoms with van der Waals surface area (Å²) in [6.45, 7) is 2.72. The molecule has 0 aromatic heterocycles. The predicted octanol–water partition coefficient (Wildman–Crippen LogP) is 3.57. The van der Waals surface area contributed by atoms with Gasteiger partial charge in [-0.1, -0.05) is 6.07 Å². The second-order valence-corrected chi connectivity index (χ2v) is 5.53. The van der Waals surface area contributed by atoms with E-state index in [0.717, 1.165) is 11.1 Å². The normalized spacial score (nSPS) is 12.9. The van der Waals surface area contributed by atoms with E-state index in [9.17, 15) is 9.18 Å². The number of rotatable bonds is 4. The van der Waals surface area contributed by atoms with Crippen LogP contribution in [0.3, 0.4) is 0 Å². The van der Waals surface area contributed by atoms with Crippen molar-refractivity contribution >= 4 is 17.7 Å². The van der Waals surface area contributed by atoms with Crippen LogP contribution in [0.1, 0.15) is 11.1 Å². The summed E-state index contributed by atoms with van der Waals surface area (Å²) in [5.74, 6) is 0.916. The second kappa shape index (κ2) is 7.25. The Labute approximate surface area is 145 Å². The standard InChI is InChI=1S/C19H18FNO4/c1-12-3-5-14(20)11-15(12)21-18(22)6-4-13-9-16(23-2)19-17(10-13)24-7-8-25-19/h3-6,9-11H,7-8H2,1-2H3,(H,21,22)/b6-4+. The second-order valence-electron chi connectivity index (χ2n) is 5.53. The van der Waals surface area contributed by atoms with E-state index in [1.54, 1.807) is 38.3 Å². The number of halogens is 1. The summed E-state index contributed by atoms with van der Waals surface area (Å²) in [4.78, 5) is 12.1. The summed E-state index contributed by atoms with van der Waals surface area (Å²) in [6, 6.07) is 7.77. The van der Waals surface area contributed by atoms with Crippen LogP contribution in [0.5, 0.6) is 17.2 Å². The Morgan fingerprint density at radius 3 is 2.84 bits per heavy atom. The zero-order chi connectivity index (χ0) is 17.8. The molecule has 0 saturated carbocycles. The van der Waals surface area contributed by atoms with E-state index < -0.39 is 5.82 Å². The molecule has 0 saturated heterocycles. The number of anilines is 1. The first-order valence-electron chi connectivity index (χ1n) is 7.79. The number of ether oxygens (including phenoxy) is 3. The molecule has 1 aliphatic heterocycles. The van der Waals surface area contributed by atoms with Gasteiger partial charge in [0.1, 0.15) is 19.0 Å². The maximum absolute atomic E-state index is 13.3. The molecular formula is C19H18FNO4. The van der Waals surface area contributed by atoms with Crippen molar-refractivity contribution in [1.29, 1.82) is 0 Å². The molecule has 0 fully saturated rings. The van der Waals surface area contributed by atoms with Crippen LogP contribution in [0.15, 0.2) is 36.4 Å². The number of benzene rings is 2. The lowest BCUT2D eigenvalue weighted by atomic mass is 10.1. The summed E-state index contributed by atoms with van der Waals surface area (Å²) in [6.07, 6.45) is 3.00. The molecule has 1 N–H and O–H groups in total. The van der Waals surface area contributed by atoms with E-state index in [1.165, 1.54) is 18.2 Å². The molecule has 6 heteroatoms. The van der Waals surface area contributed by atoms with Gasteiger partial charge in [0.25, 0.3) is 0 Å². The SMILES string of the molecule is COc1cc(/C=C/C(=O)Nc2cc(F)ccc2C)cc2c1OCCO2. The van der Waals surface area contributed by atoms with Crippen LogP contribution in [0.4, 0.5) is 10.1 Å². The topological polar surface area (TPSA) is 56.8 Å². The van der Waals surface area contributed by atoms with Crippen molar-refractivity contribution in [3.05, 3.63) is 53.4 Å². The molecular weight excluding hydrogens is 325 g/mol. The van der Waals surface area contributed by atoms with Crippen LogP contribution >= 0.6 is 0 Å². The fourth-order valence-electron chi connectivity index (χ4n) is 2.46. The number of amides is 1. The predicted molar refractivity (Wildman–Crippen MR) is 92.8 cm³/mol. The van der Waals surface area contributed by atoms with Gasteiger partial charge in [0.05, 0.1) is 7.11 Å². The van der Waals surface area contributed by atoms with Crippen LogP contribution < -0.4 is 19.5 Å². The number of nitrogens with one attached hydrogen (secondary N) is 1. The monoisotopic (exact) mass is 343 g/mol. The van der Waals surface area contributed by atoms with Crippen molar-refractivity contribution in [3.63, 3.8) is 0 Å². The van der Waals surface area contributed by atoms with Gasteiger partial charge in [-0.3, -0.25) is 4.79 Å². The van der Waals surface area contributed by atoms with Crippen molar-refractivity contribution in [1.82, 2.24) is 0 Å². The Bertz CT molecular complexity index is 815. The number of hydrogen-bond donors (Lipinski definition) is 1. The van der Waals surface area contributed by atoms with Gasteiger partial charge in [0, 0.05) is 11.8 Å². The summed E-state index contributed by atoms with van der Waals surface area (Å²) in [7, 11) is 1.54. The highest BCUT2D eigenvalue weighted by Gasteiger charge is 2.17. The van der Waals surface area contributed by atoms with Crippen LogP contribution in [-0.4, -0.2) is 26.2 Å². The molecule has 0 spiro atoms. The lowest BCUT2D eigenvalue weighted by Crippen LogP contribution is -2.16. The lowest BCUT2D eigenvalue weighted by Gasteiger charge is -2.20. The maximum Gasteiger partial charge on any atom is 0.248 e. The zero-order valence-corrected chi connectivity index (χ0v) is 14.0. The molecule has 0 atom stereocenters. The van der Waals surface area contributed by atoms with E-state index in [2.05, 4.69) is 5.32 Å². The molecule has 0 radical (unpaired) electrons. The average molecular weight is 343 g/mol. The van der Waals surface area contributed by atoms with Crippen LogP contribution in [0, 0.1) is 12.7 Å². The highest BCUT2D eigenvalue weighted by atomic mass is 19.1. The molecule has 2 aromatic rings. The highest BCUT2D eigenvalue weighted by Crippen LogP contribution is 2.40. The molecule has 1 heterocycles. The molecule has 5 nitrogen and oxygen atoms in total. The maximum atomic E-state index is 13.3. The van der Waals surface area contributed by atoms with Gasteiger partial charge in [-0.05, 0) is 48.4 Å². The molecule has 130 valence electrons. The molecule has 0 bridgehead atoms. The molecule has 0 unspecified atom stereocenters. The van der Waals surface area contributed by atoms with Crippen molar-refractivity contribution in [2.75, 3.05) is 25.6 Å². The fourth-order valence-corrected chi connectivity index (χ4v) is 2.46. The lowest BCUT2D eigenvalue weighted by molar-refractivity contribution is -0.111. The molecule has 1 aliphatic rings. The molecule has 1 amide bonds. The quantitative estimate of drug-likeness (QED) is 0.863. The van der Waals surface area contributed by atoms with Crippen LogP contribution in [0.25, 0.3) is 6.08 Å². The van der Waals surface area contributed by atoms with E-state index in [0.29, 0.717) is 36.1 Å². The number of aryl methyl sites for hydroxylation is 1. The average Bonchev–Trinajstić information content (AvgIpc) is 2.62. The summed E-state index contributed by atoms with van der Waals surface area (Å²) < 4.78 is 29.7. The largest absolute Gasteiger partial charge is 0.493 e. The van der Waals surface area contributed by atoms with Gasteiger partial charge >= 0.3 is 0 Å². The Morgan fingerprint density at radius 2 is 2.04 bits per heavy atom. The Hall–Kier alpha value is -3.02. The van der Waals surface area contributed by atoms with Crippen molar-refractivity contribution < 1.29 is 23.4 Å². The Balaban J connectivity index is 1.77. The summed E-state index contributed by atoms with van der Waals surface area (Å²) in [5, 5.41) is 2.66. The first kappa shape index (κ1) is 16.8. The molecule has 3 rings (SSSR count). The highest BCUT2D eigenvalue weighted by molar-refractivity contribution is 6.02. The van der Waals surface area contributed by atoms with E-state index in [1.807, 2.05) is 0 Å². The summed E-state index contributed by atoms with van der Waals surface area (Å²) >= 11 is 0. The van der Waals surface area contributed by atoms with Gasteiger partial charge < -0.3 is 19.5 Å². The van der Waals surface area contributed by atoms with Gasteiger partial charge in [-0.15, -0.1) is 0 Å². The van der Waals surface area contributed by atoms with Gasteiger partial charge in [-0.25, -0.2) is 4.39 Å². The van der Waals surface area contributed by atoms with E-state index in [-0.39, 0.29) is 5.91 Å². The number of methoxy groups -OCH3 is 1. The summed E-state index contributed by atoms with van der Waals surface area (Å²) in [5.41, 5.74) is 1.95. The first-order chi connectivity index (χ1) is 12.1. The number of carbonyl (C=O) groups excluding carboxylic acids is 1. The number of carbonyl (C=O) groups is 1. The van der Waals surface area contributed by atoms with Gasteiger partial charge in [0.15, 0.2) is 11.5 Å². The van der Waals surface area contributed by atoms with Gasteiger partial charge in [0.2, 0.25) is 11.7 Å². The minimum Gasteiger partial charge on any atom is -0.493 e. The number of fused-ring (bicyclic) bond motifs is 1. The van der Waals surface area contributed by atoms with Crippen LogP contribution in [-0.2, 0) is 4.79 Å². The fraction of sp³-hybridized carbons (Fsp3) is 0.211. The Morgan fingerprint density at radius 1 is 1.24 bits per heavy atom. The van der Waals surface area contributed by atoms with Crippen LogP contribution in [0.2, 0.25) is 0 Å². The molecule has 25 heavy (non-hydrogen) atoms. The number of hydrogen-bond acceptors (Lipinski definition) is 4. The van der Waals surface area contributed by atoms with E-state index >= 15 is 0 Å². The molecule has 2 aromatic carbocycles. The minimum atomic E-state index is -0.401. The Kier molecular flexibility index (Phi) is 4.88. The van der Waals surface area contributed by atoms with Crippen molar-refractivity contribution in [3.8, 4) is 17.2 Å². The van der Waals surface area contributed by atoms with Crippen molar-refractivity contribution in [2.45, 2.75) is 6.92 Å².